The van der Waals surface area contributed by atoms with E-state index in [2.05, 4.69) is 29.4 Å². The van der Waals surface area contributed by atoms with Gasteiger partial charge >= 0.3 is 0 Å². The number of hydrogen-bond donors (Lipinski definition) is 1. The fraction of sp³-hybridized carbons (Fsp3) is 0.467. The molecule has 0 saturated carbocycles. The Morgan fingerprint density at radius 1 is 1.29 bits per heavy atom. The highest BCUT2D eigenvalue weighted by Crippen LogP contribution is 2.18. The molecule has 2 aromatic rings. The van der Waals surface area contributed by atoms with Gasteiger partial charge < -0.3 is 14.5 Å². The molecule has 5 nitrogen and oxygen atoms in total. The van der Waals surface area contributed by atoms with Gasteiger partial charge in [0.05, 0.1) is 0 Å². The van der Waals surface area contributed by atoms with Gasteiger partial charge in [0.15, 0.2) is 6.61 Å². The molecule has 0 radical (unpaired) electrons. The Labute approximate surface area is 123 Å². The number of nitrogens with one attached hydrogen (secondary N) is 1. The van der Waals surface area contributed by atoms with Crippen molar-refractivity contribution in [3.63, 3.8) is 0 Å². The lowest BCUT2D eigenvalue weighted by molar-refractivity contribution is 0.259. The van der Waals surface area contributed by atoms with Crippen LogP contribution in [0.15, 0.2) is 22.6 Å². The van der Waals surface area contributed by atoms with Crippen molar-refractivity contribution in [2.45, 2.75) is 33.9 Å². The Hall–Kier alpha value is -1.95. The van der Waals surface area contributed by atoms with Crippen molar-refractivity contribution in [3.8, 4) is 5.75 Å². The highest BCUT2D eigenvalue weighted by atomic mass is 19.1. The molecule has 0 bridgehead atoms. The topological polar surface area (TPSA) is 60.2 Å². The van der Waals surface area contributed by atoms with Crippen molar-refractivity contribution in [2.75, 3.05) is 6.54 Å². The van der Waals surface area contributed by atoms with Crippen molar-refractivity contribution >= 4 is 0 Å². The molecule has 1 aromatic heterocycles. The number of ether oxygens (including phenoxy) is 1. The molecular formula is C15H20FN3O2. The lowest BCUT2D eigenvalue weighted by Gasteiger charge is -2.09. The van der Waals surface area contributed by atoms with Gasteiger partial charge in [-0.05, 0) is 30.2 Å². The van der Waals surface area contributed by atoms with E-state index >= 15 is 0 Å². The summed E-state index contributed by atoms with van der Waals surface area (Å²) in [5.41, 5.74) is 0.840. The Morgan fingerprint density at radius 2 is 2.10 bits per heavy atom. The molecule has 0 atom stereocenters. The number of halogens is 1. The van der Waals surface area contributed by atoms with Crippen molar-refractivity contribution in [1.82, 2.24) is 15.5 Å². The molecule has 0 saturated heterocycles. The summed E-state index contributed by atoms with van der Waals surface area (Å²) in [7, 11) is 0. The van der Waals surface area contributed by atoms with E-state index in [1.54, 1.807) is 13.0 Å². The molecule has 114 valence electrons. The van der Waals surface area contributed by atoms with Crippen LogP contribution in [0.1, 0.15) is 31.2 Å². The number of nitrogens with zero attached hydrogens (tertiary/aromatic N) is 2. The van der Waals surface area contributed by atoms with Gasteiger partial charge in [-0.3, -0.25) is 0 Å². The number of aryl methyl sites for hydroxylation is 1. The minimum atomic E-state index is -0.324. The molecule has 0 aliphatic rings. The van der Waals surface area contributed by atoms with E-state index in [1.807, 2.05) is 0 Å². The minimum Gasteiger partial charge on any atom is -0.484 e. The monoisotopic (exact) mass is 293 g/mol. The summed E-state index contributed by atoms with van der Waals surface area (Å²) in [6, 6.07) is 4.64. The summed E-state index contributed by atoms with van der Waals surface area (Å²) in [4.78, 5) is 0. The number of hydrogen-bond acceptors (Lipinski definition) is 5. The smallest absolute Gasteiger partial charge is 0.253 e. The van der Waals surface area contributed by atoms with Crippen LogP contribution in [-0.4, -0.2) is 16.7 Å². The van der Waals surface area contributed by atoms with E-state index in [0.29, 0.717) is 30.0 Å². The van der Waals surface area contributed by atoms with Crippen LogP contribution in [0.4, 0.5) is 4.39 Å². The molecule has 0 fully saturated rings. The fourth-order valence-corrected chi connectivity index (χ4v) is 1.85. The van der Waals surface area contributed by atoms with Crippen LogP contribution in [0.5, 0.6) is 5.75 Å². The molecule has 6 heteroatoms. The molecule has 0 amide bonds. The standard InChI is InChI=1S/C15H20FN3O2/c1-10(2)7-17-8-12-4-13(16)6-14(5-12)20-9-15-19-18-11(3)21-15/h4-6,10,17H,7-9H2,1-3H3. The maximum absolute atomic E-state index is 13.6. The van der Waals surface area contributed by atoms with Crippen LogP contribution in [0.2, 0.25) is 0 Å². The first kappa shape index (κ1) is 15.4. The highest BCUT2D eigenvalue weighted by Gasteiger charge is 2.06. The van der Waals surface area contributed by atoms with Crippen molar-refractivity contribution in [2.24, 2.45) is 5.92 Å². The Morgan fingerprint density at radius 3 is 2.76 bits per heavy atom. The van der Waals surface area contributed by atoms with Crippen LogP contribution in [0.3, 0.4) is 0 Å². The fourth-order valence-electron chi connectivity index (χ4n) is 1.85. The first-order valence-corrected chi connectivity index (χ1v) is 6.95. The van der Waals surface area contributed by atoms with E-state index in [0.717, 1.165) is 12.1 Å². The first-order chi connectivity index (χ1) is 10.0. The van der Waals surface area contributed by atoms with E-state index in [4.69, 9.17) is 9.15 Å². The normalized spacial score (nSPS) is 11.1. The minimum absolute atomic E-state index is 0.128. The summed E-state index contributed by atoms with van der Waals surface area (Å²) in [5.74, 6) is 1.53. The van der Waals surface area contributed by atoms with Crippen molar-refractivity contribution in [3.05, 3.63) is 41.4 Å². The summed E-state index contributed by atoms with van der Waals surface area (Å²) in [6.07, 6.45) is 0. The van der Waals surface area contributed by atoms with Gasteiger partial charge in [-0.2, -0.15) is 0 Å². The van der Waals surface area contributed by atoms with Crippen LogP contribution in [0.25, 0.3) is 0 Å². The van der Waals surface area contributed by atoms with Gasteiger partial charge in [0.1, 0.15) is 11.6 Å². The molecule has 21 heavy (non-hydrogen) atoms. The van der Waals surface area contributed by atoms with E-state index in [1.165, 1.54) is 12.1 Å². The third kappa shape index (κ3) is 5.15. The van der Waals surface area contributed by atoms with Crippen molar-refractivity contribution in [1.29, 1.82) is 0 Å². The molecule has 0 spiro atoms. The third-order valence-electron chi connectivity index (χ3n) is 2.74. The van der Waals surface area contributed by atoms with Gasteiger partial charge in [-0.15, -0.1) is 10.2 Å². The van der Waals surface area contributed by atoms with Crippen molar-refractivity contribution < 1.29 is 13.5 Å². The lowest BCUT2D eigenvalue weighted by Crippen LogP contribution is -2.19. The Balaban J connectivity index is 1.94. The zero-order chi connectivity index (χ0) is 15.2. The maximum Gasteiger partial charge on any atom is 0.253 e. The summed E-state index contributed by atoms with van der Waals surface area (Å²) in [5, 5.41) is 10.8. The zero-order valence-electron chi connectivity index (χ0n) is 12.5. The van der Waals surface area contributed by atoms with Gasteiger partial charge in [0.2, 0.25) is 5.89 Å². The zero-order valence-corrected chi connectivity index (χ0v) is 12.5. The molecule has 1 heterocycles. The molecule has 1 aromatic carbocycles. The highest BCUT2D eigenvalue weighted by molar-refractivity contribution is 5.29. The van der Waals surface area contributed by atoms with Crippen LogP contribution < -0.4 is 10.1 Å². The Kier molecular flexibility index (Phi) is 5.27. The third-order valence-corrected chi connectivity index (χ3v) is 2.74. The van der Waals surface area contributed by atoms with E-state index in [-0.39, 0.29) is 12.4 Å². The quantitative estimate of drug-likeness (QED) is 0.850. The van der Waals surface area contributed by atoms with Gasteiger partial charge in [-0.25, -0.2) is 4.39 Å². The second-order valence-electron chi connectivity index (χ2n) is 5.32. The SMILES string of the molecule is Cc1nnc(COc2cc(F)cc(CNCC(C)C)c2)o1. The number of aromatic nitrogens is 2. The van der Waals surface area contributed by atoms with Gasteiger partial charge in [0.25, 0.3) is 5.89 Å². The largest absolute Gasteiger partial charge is 0.484 e. The average Bonchev–Trinajstić information content (AvgIpc) is 2.81. The van der Waals surface area contributed by atoms with Gasteiger partial charge in [-0.1, -0.05) is 13.8 Å². The molecule has 2 rings (SSSR count). The van der Waals surface area contributed by atoms with E-state index in [9.17, 15) is 4.39 Å². The lowest BCUT2D eigenvalue weighted by atomic mass is 10.2. The Bertz CT molecular complexity index is 584. The van der Waals surface area contributed by atoms with E-state index < -0.39 is 0 Å². The second-order valence-corrected chi connectivity index (χ2v) is 5.32. The predicted octanol–water partition coefficient (Wildman–Crippen LogP) is 2.84. The summed E-state index contributed by atoms with van der Waals surface area (Å²) in [6.45, 7) is 7.57. The summed E-state index contributed by atoms with van der Waals surface area (Å²) >= 11 is 0. The molecule has 0 aliphatic heterocycles. The van der Waals surface area contributed by atoms with Crippen LogP contribution in [-0.2, 0) is 13.2 Å². The van der Waals surface area contributed by atoms with Crippen LogP contribution >= 0.6 is 0 Å². The first-order valence-electron chi connectivity index (χ1n) is 6.95. The summed E-state index contributed by atoms with van der Waals surface area (Å²) < 4.78 is 24.3. The maximum atomic E-state index is 13.6. The number of benzene rings is 1. The molecule has 1 N–H and O–H groups in total. The molecular weight excluding hydrogens is 273 g/mol. The van der Waals surface area contributed by atoms with Gasteiger partial charge in [0, 0.05) is 19.5 Å². The number of rotatable bonds is 7. The second kappa shape index (κ2) is 7.17. The molecule has 0 aliphatic carbocycles. The van der Waals surface area contributed by atoms with Crippen LogP contribution in [0, 0.1) is 18.7 Å². The molecule has 0 unspecified atom stereocenters. The predicted molar refractivity (Wildman–Crippen MR) is 76.3 cm³/mol. The average molecular weight is 293 g/mol.